The van der Waals surface area contributed by atoms with Crippen LogP contribution in [0.15, 0.2) is 64.2 Å². The summed E-state index contributed by atoms with van der Waals surface area (Å²) in [7, 11) is 0. The molecular formula is C27H20ClN5O4S. The standard InChI is InChI=1S/C27H20ClN5O4S/c28-17-5-1-16(2-6-17)26-32-18(11-36-26)14-38-27-21(10-30)24(20(9-29)25(31)33-27)15-3-7-19(8-4-15)37-23-13-35-12-22(23)34/h1-8,11,22-23,34H,12-14H2,(H2,31,33)/t22-,23-/m0/s1. The van der Waals surface area contributed by atoms with E-state index in [0.29, 0.717) is 50.9 Å². The van der Waals surface area contributed by atoms with Crippen molar-refractivity contribution in [1.29, 1.82) is 10.5 Å². The van der Waals surface area contributed by atoms with Crippen LogP contribution in [0.2, 0.25) is 5.02 Å². The summed E-state index contributed by atoms with van der Waals surface area (Å²) < 4.78 is 16.6. The Balaban J connectivity index is 1.40. The summed E-state index contributed by atoms with van der Waals surface area (Å²) in [5, 5.41) is 30.8. The quantitative estimate of drug-likeness (QED) is 0.309. The first kappa shape index (κ1) is 25.6. The molecule has 38 heavy (non-hydrogen) atoms. The van der Waals surface area contributed by atoms with Crippen LogP contribution < -0.4 is 10.5 Å². The van der Waals surface area contributed by atoms with Gasteiger partial charge in [0.05, 0.1) is 24.5 Å². The molecule has 0 radical (unpaired) electrons. The highest BCUT2D eigenvalue weighted by atomic mass is 35.5. The molecule has 1 fully saturated rings. The van der Waals surface area contributed by atoms with Crippen LogP contribution in [0.1, 0.15) is 16.8 Å². The number of hydrogen-bond donors (Lipinski definition) is 2. The summed E-state index contributed by atoms with van der Waals surface area (Å²) in [5.74, 6) is 1.36. The van der Waals surface area contributed by atoms with Gasteiger partial charge in [0.25, 0.3) is 0 Å². The molecule has 0 bridgehead atoms. The number of rotatable bonds is 7. The summed E-state index contributed by atoms with van der Waals surface area (Å²) in [6, 6.07) is 18.3. The van der Waals surface area contributed by atoms with Gasteiger partial charge in [0.15, 0.2) is 0 Å². The molecule has 0 unspecified atom stereocenters. The molecule has 190 valence electrons. The van der Waals surface area contributed by atoms with Crippen molar-refractivity contribution in [2.45, 2.75) is 23.0 Å². The smallest absolute Gasteiger partial charge is 0.226 e. The van der Waals surface area contributed by atoms with Crippen molar-refractivity contribution in [3.63, 3.8) is 0 Å². The number of benzene rings is 2. The third-order valence-electron chi connectivity index (χ3n) is 5.85. The van der Waals surface area contributed by atoms with Crippen molar-refractivity contribution in [2.24, 2.45) is 0 Å². The fraction of sp³-hybridized carbons (Fsp3) is 0.185. The van der Waals surface area contributed by atoms with Gasteiger partial charge in [0.1, 0.15) is 52.8 Å². The highest BCUT2D eigenvalue weighted by Crippen LogP contribution is 2.37. The van der Waals surface area contributed by atoms with E-state index in [9.17, 15) is 15.6 Å². The van der Waals surface area contributed by atoms with Crippen LogP contribution in [0.3, 0.4) is 0 Å². The van der Waals surface area contributed by atoms with Crippen LogP contribution in [0.5, 0.6) is 5.75 Å². The van der Waals surface area contributed by atoms with Gasteiger partial charge in [0, 0.05) is 21.9 Å². The van der Waals surface area contributed by atoms with Gasteiger partial charge in [0.2, 0.25) is 5.89 Å². The zero-order valence-corrected chi connectivity index (χ0v) is 21.4. The van der Waals surface area contributed by atoms with Crippen molar-refractivity contribution in [2.75, 3.05) is 18.9 Å². The second-order valence-electron chi connectivity index (χ2n) is 8.38. The number of pyridine rings is 1. The van der Waals surface area contributed by atoms with Crippen LogP contribution in [0.4, 0.5) is 5.82 Å². The molecular weight excluding hydrogens is 526 g/mol. The Morgan fingerprint density at radius 2 is 1.74 bits per heavy atom. The Hall–Kier alpha value is -4.06. The third kappa shape index (κ3) is 5.30. The zero-order chi connectivity index (χ0) is 26.6. The number of nitriles is 2. The Morgan fingerprint density at radius 3 is 2.39 bits per heavy atom. The first-order valence-corrected chi connectivity index (χ1v) is 12.8. The van der Waals surface area contributed by atoms with Crippen molar-refractivity contribution in [1.82, 2.24) is 9.97 Å². The summed E-state index contributed by atoms with van der Waals surface area (Å²) in [5.41, 5.74) is 8.92. The van der Waals surface area contributed by atoms with Gasteiger partial charge in [-0.2, -0.15) is 10.5 Å². The van der Waals surface area contributed by atoms with Gasteiger partial charge in [-0.05, 0) is 42.0 Å². The molecule has 3 heterocycles. The van der Waals surface area contributed by atoms with Gasteiger partial charge in [-0.15, -0.1) is 0 Å². The Morgan fingerprint density at radius 1 is 1.03 bits per heavy atom. The Bertz CT molecular complexity index is 1540. The lowest BCUT2D eigenvalue weighted by Gasteiger charge is -2.16. The van der Waals surface area contributed by atoms with E-state index in [1.165, 1.54) is 11.8 Å². The fourth-order valence-electron chi connectivity index (χ4n) is 3.94. The van der Waals surface area contributed by atoms with E-state index in [1.807, 2.05) is 12.1 Å². The van der Waals surface area contributed by atoms with Gasteiger partial charge in [-0.25, -0.2) is 9.97 Å². The lowest BCUT2D eigenvalue weighted by atomic mass is 9.97. The maximum atomic E-state index is 10.1. The number of nitrogens with zero attached hydrogens (tertiary/aromatic N) is 4. The molecule has 4 aromatic rings. The Kier molecular flexibility index (Phi) is 7.50. The van der Waals surface area contributed by atoms with Gasteiger partial charge in [-0.3, -0.25) is 0 Å². The van der Waals surface area contributed by atoms with Crippen molar-refractivity contribution in [3.05, 3.63) is 76.6 Å². The SMILES string of the molecule is N#Cc1c(N)nc(SCc2coc(-c3ccc(Cl)cc3)n2)c(C#N)c1-c1ccc(O[C@H]2COC[C@@H]2O)cc1. The second-order valence-corrected chi connectivity index (χ2v) is 9.78. The zero-order valence-electron chi connectivity index (χ0n) is 19.8. The third-order valence-corrected chi connectivity index (χ3v) is 7.11. The molecule has 1 aliphatic heterocycles. The van der Waals surface area contributed by atoms with E-state index in [2.05, 4.69) is 22.1 Å². The molecule has 0 aliphatic carbocycles. The van der Waals surface area contributed by atoms with Gasteiger partial charge < -0.3 is 24.7 Å². The topological polar surface area (TPSA) is 151 Å². The molecule has 0 spiro atoms. The van der Waals surface area contributed by atoms with E-state index in [0.717, 1.165) is 5.56 Å². The van der Waals surface area contributed by atoms with E-state index in [-0.39, 0.29) is 23.6 Å². The number of aromatic nitrogens is 2. The molecule has 1 saturated heterocycles. The lowest BCUT2D eigenvalue weighted by Crippen LogP contribution is -2.29. The second kappa shape index (κ2) is 11.1. The highest BCUT2D eigenvalue weighted by Gasteiger charge is 2.28. The number of halogens is 1. The molecule has 0 amide bonds. The van der Waals surface area contributed by atoms with E-state index in [1.54, 1.807) is 42.7 Å². The maximum absolute atomic E-state index is 10.1. The van der Waals surface area contributed by atoms with E-state index < -0.39 is 12.2 Å². The van der Waals surface area contributed by atoms with Gasteiger partial charge >= 0.3 is 0 Å². The lowest BCUT2D eigenvalue weighted by molar-refractivity contribution is 0.0733. The molecule has 2 aromatic heterocycles. The average molecular weight is 546 g/mol. The number of aliphatic hydroxyl groups excluding tert-OH is 1. The number of hydrogen-bond acceptors (Lipinski definition) is 10. The molecule has 0 saturated carbocycles. The molecule has 11 heteroatoms. The predicted molar refractivity (Wildman–Crippen MR) is 141 cm³/mol. The number of nitrogens with two attached hydrogens (primary N) is 1. The number of oxazole rings is 1. The maximum Gasteiger partial charge on any atom is 0.226 e. The number of aliphatic hydroxyl groups is 1. The number of ether oxygens (including phenoxy) is 2. The molecule has 2 aromatic carbocycles. The fourth-order valence-corrected chi connectivity index (χ4v) is 4.94. The Labute approximate surface area is 227 Å². The number of nitrogen functional groups attached to an aromatic ring is 1. The summed E-state index contributed by atoms with van der Waals surface area (Å²) in [6.07, 6.45) is 0.389. The largest absolute Gasteiger partial charge is 0.485 e. The van der Waals surface area contributed by atoms with E-state index in [4.69, 9.17) is 31.2 Å². The molecule has 9 nitrogen and oxygen atoms in total. The van der Waals surface area contributed by atoms with Crippen molar-refractivity contribution < 1.29 is 19.0 Å². The number of anilines is 1. The minimum absolute atomic E-state index is 0.0255. The highest BCUT2D eigenvalue weighted by molar-refractivity contribution is 7.98. The summed E-state index contributed by atoms with van der Waals surface area (Å²) in [4.78, 5) is 8.85. The molecule has 2 atom stereocenters. The van der Waals surface area contributed by atoms with Crippen LogP contribution in [0.25, 0.3) is 22.6 Å². The van der Waals surface area contributed by atoms with Crippen LogP contribution >= 0.6 is 23.4 Å². The minimum Gasteiger partial charge on any atom is -0.485 e. The number of thioether (sulfide) groups is 1. The van der Waals surface area contributed by atoms with Crippen molar-refractivity contribution >= 4 is 29.2 Å². The van der Waals surface area contributed by atoms with Crippen LogP contribution in [-0.2, 0) is 10.5 Å². The van der Waals surface area contributed by atoms with Crippen molar-refractivity contribution in [3.8, 4) is 40.5 Å². The summed E-state index contributed by atoms with van der Waals surface area (Å²) in [6.45, 7) is 0.529. The molecule has 1 aliphatic rings. The first-order valence-electron chi connectivity index (χ1n) is 11.5. The predicted octanol–water partition coefficient (Wildman–Crippen LogP) is 4.81. The van der Waals surface area contributed by atoms with Crippen LogP contribution in [0, 0.1) is 22.7 Å². The molecule has 5 rings (SSSR count). The molecule has 3 N–H and O–H groups in total. The monoisotopic (exact) mass is 545 g/mol. The minimum atomic E-state index is -0.698. The summed E-state index contributed by atoms with van der Waals surface area (Å²) >= 11 is 7.22. The normalized spacial score (nSPS) is 16.6. The van der Waals surface area contributed by atoms with E-state index >= 15 is 0 Å². The van der Waals surface area contributed by atoms with Gasteiger partial charge in [-0.1, -0.05) is 35.5 Å². The van der Waals surface area contributed by atoms with Crippen LogP contribution in [-0.4, -0.2) is 40.5 Å². The first-order chi connectivity index (χ1) is 18.5. The average Bonchev–Trinajstić information content (AvgIpc) is 3.57.